The molecule has 3 aromatic heterocycles. The van der Waals surface area contributed by atoms with Gasteiger partial charge in [-0.1, -0.05) is 415 Å². The molecule has 0 aromatic carbocycles. The molecule has 5 rings (SSSR count). The largest absolute Gasteiger partial charge is 0.381 e. The average Bonchev–Trinajstić information content (AvgIpc) is 1.58. The molecule has 0 spiro atoms. The van der Waals surface area contributed by atoms with Crippen LogP contribution in [0.5, 0.6) is 0 Å². The molecule has 0 aliphatic carbocycles. The quantitative estimate of drug-likeness (QED) is 0.0338. The van der Waals surface area contributed by atoms with Gasteiger partial charge in [0.25, 0.3) is 0 Å². The number of nitrogens with one attached hydrogen (secondary N) is 1. The second kappa shape index (κ2) is 86.5. The van der Waals surface area contributed by atoms with Crippen LogP contribution in [0.2, 0.25) is 0 Å². The predicted octanol–water partition coefficient (Wildman–Crippen LogP) is 34.6. The second-order valence-corrected chi connectivity index (χ2v) is 38.7. The summed E-state index contributed by atoms with van der Waals surface area (Å²) in [5, 5.41) is 0. The zero-order chi connectivity index (χ0) is 90.8. The number of hydrogen-bond donors (Lipinski definition) is 1. The molecule has 0 fully saturated rings. The summed E-state index contributed by atoms with van der Waals surface area (Å²) in [6.07, 6.45) is 91.2. The number of H-pyrrole nitrogens is 1. The van der Waals surface area contributed by atoms with Crippen molar-refractivity contribution < 1.29 is 57.4 Å². The second-order valence-electron chi connectivity index (χ2n) is 38.7. The molecule has 0 amide bonds. The number of ether oxygens (including phenoxy) is 8. The van der Waals surface area contributed by atoms with E-state index in [9.17, 15) is 0 Å². The van der Waals surface area contributed by atoms with Gasteiger partial charge < -0.3 is 47.4 Å². The molecule has 12 nitrogen and oxygen atoms in total. The van der Waals surface area contributed by atoms with Crippen LogP contribution in [0, 0.1) is 0 Å². The minimum atomic E-state index is 0. The standard InChI is InChI=1S/C116H206N4O8.Zn/c1-9-17-25-33-41-49-57-65-83-121-91-75-102-99-105-100-103-73-74-104(117-103)101-112-106(76-92-122-84-66-58-50-42-34-26-18-10-2)109(79-95-125-87-69-61-53-45-37-29-21-13-5)116(120(112)82-98-128-90-72-64-56-48-40-32-24-16-8)111(81-97-127-89-71-63-55-47-39-31-23-15-7)115-108(78-94-124-86-68-60-52-44-36-28-20-12-4)107(77-93-123-85-67-59-51-43-35-27-19-11-3)114(119-115)110(113(102)118-105)80-96-126-88-70-62-54-46-38-30-22-14-6;/h73-74,99-101,118H,9-72,75-98H2,1-8H3;. The molecular weight excluding hydrogens is 1640 g/mol. The van der Waals surface area contributed by atoms with E-state index >= 15 is 0 Å². The first-order valence-corrected chi connectivity index (χ1v) is 56.3. The van der Waals surface area contributed by atoms with Crippen LogP contribution in [0.4, 0.5) is 0 Å². The summed E-state index contributed by atoms with van der Waals surface area (Å²) in [7, 11) is 0. The summed E-state index contributed by atoms with van der Waals surface area (Å²) in [4.78, 5) is 16.4. The number of rotatable bonds is 96. The van der Waals surface area contributed by atoms with Gasteiger partial charge in [0.2, 0.25) is 0 Å². The summed E-state index contributed by atoms with van der Waals surface area (Å²) in [5.41, 5.74) is 17.8. The fraction of sp³-hybridized carbons (Fsp3) is 0.828. The Bertz CT molecular complexity index is 3280. The van der Waals surface area contributed by atoms with E-state index in [1.165, 1.54) is 410 Å². The number of fused-ring (bicyclic) bond motifs is 8. The molecule has 2 aliphatic heterocycles. The van der Waals surface area contributed by atoms with Gasteiger partial charge in [0.1, 0.15) is 0 Å². The third-order valence-corrected chi connectivity index (χ3v) is 27.1. The Balaban J connectivity index is 0.0000348. The van der Waals surface area contributed by atoms with Crippen LogP contribution in [0.1, 0.15) is 530 Å². The zero-order valence-corrected chi connectivity index (χ0v) is 89.4. The van der Waals surface area contributed by atoms with Gasteiger partial charge in [0.05, 0.1) is 81.1 Å². The molecule has 740 valence electrons. The molecule has 0 atom stereocenters. The Labute approximate surface area is 809 Å². The minimum absolute atomic E-state index is 0. The molecule has 2 aliphatic rings. The first kappa shape index (κ1) is 118. The van der Waals surface area contributed by atoms with Gasteiger partial charge in [-0.3, -0.25) is 0 Å². The molecule has 0 unspecified atom stereocenters. The number of unbranched alkanes of at least 4 members (excludes halogenated alkanes) is 56. The SMILES string of the molecule is CCCCCCCCCCOCCC1=C(CCOCCCCCCCCCC)c2nc1c(CCOCCCCCCCCCC)c1[nH]c(cc3nc(cc4c(CCOCCCCCCCCCC)c(CCOCCCCCCCCCC)c(c2CCOCCCCCCCCCC)n4CCOCCCCCCCCCC)C=C3)cc1CCOCCCCCCCCCC.[Zn]. The molecule has 0 radical (unpaired) electrons. The van der Waals surface area contributed by atoms with Crippen LogP contribution in [0.3, 0.4) is 0 Å². The molecule has 0 saturated carbocycles. The van der Waals surface area contributed by atoms with Crippen LogP contribution < -0.4 is 0 Å². The smallest absolute Gasteiger partial charge is 0.0727 e. The number of nitrogens with zero attached hydrogens (tertiary/aromatic N) is 3. The Morgan fingerprint density at radius 3 is 0.798 bits per heavy atom. The van der Waals surface area contributed by atoms with Crippen LogP contribution in [-0.4, -0.2) is 125 Å². The molecule has 0 saturated heterocycles. The Morgan fingerprint density at radius 2 is 0.481 bits per heavy atom. The number of aromatic nitrogens is 4. The van der Waals surface area contributed by atoms with E-state index in [1.54, 1.807) is 0 Å². The summed E-state index contributed by atoms with van der Waals surface area (Å²) in [6.45, 7) is 30.3. The average molecular weight is 1850 g/mol. The molecule has 8 bridgehead atoms. The van der Waals surface area contributed by atoms with Crippen molar-refractivity contribution in [2.75, 3.05) is 106 Å². The molecule has 5 heterocycles. The van der Waals surface area contributed by atoms with E-state index in [1.807, 2.05) is 0 Å². The van der Waals surface area contributed by atoms with Crippen molar-refractivity contribution in [3.8, 4) is 0 Å². The maximum atomic E-state index is 7.16. The normalized spacial score (nSPS) is 12.2. The van der Waals surface area contributed by atoms with E-state index in [-0.39, 0.29) is 19.5 Å². The number of aromatic amines is 1. The maximum absolute atomic E-state index is 7.16. The van der Waals surface area contributed by atoms with Crippen LogP contribution >= 0.6 is 0 Å². The van der Waals surface area contributed by atoms with Gasteiger partial charge >= 0.3 is 0 Å². The van der Waals surface area contributed by atoms with Crippen LogP contribution in [-0.2, 0) is 96.0 Å². The van der Waals surface area contributed by atoms with Crippen molar-refractivity contribution in [1.29, 1.82) is 0 Å². The van der Waals surface area contributed by atoms with Crippen LogP contribution in [0.25, 0.3) is 45.4 Å². The molecule has 3 aromatic rings. The van der Waals surface area contributed by atoms with E-state index < -0.39 is 0 Å². The Morgan fingerprint density at radius 1 is 0.233 bits per heavy atom. The molecule has 13 heteroatoms. The van der Waals surface area contributed by atoms with E-state index in [2.05, 4.69) is 95.3 Å². The molecular formula is C116H206N4O8Zn. The van der Waals surface area contributed by atoms with E-state index in [0.29, 0.717) is 72.2 Å². The van der Waals surface area contributed by atoms with Gasteiger partial charge in [0, 0.05) is 107 Å². The third-order valence-electron chi connectivity index (χ3n) is 27.1. The predicted molar refractivity (Wildman–Crippen MR) is 556 cm³/mol. The summed E-state index contributed by atoms with van der Waals surface area (Å²) in [6, 6.07) is 7.16. The molecule has 1 N–H and O–H groups in total. The van der Waals surface area contributed by atoms with Gasteiger partial charge in [-0.15, -0.1) is 0 Å². The Hall–Kier alpha value is -3.10. The fourth-order valence-corrected chi connectivity index (χ4v) is 19.1. The van der Waals surface area contributed by atoms with Crippen molar-refractivity contribution >= 4 is 45.4 Å². The van der Waals surface area contributed by atoms with E-state index in [4.69, 9.17) is 47.9 Å². The first-order valence-electron chi connectivity index (χ1n) is 56.3. The first-order chi connectivity index (χ1) is 63.5. The van der Waals surface area contributed by atoms with Gasteiger partial charge in [0.15, 0.2) is 0 Å². The topological polar surface area (TPSA) is 120 Å². The Kier molecular flexibility index (Phi) is 79.2. The third kappa shape index (κ3) is 57.0. The van der Waals surface area contributed by atoms with Crippen molar-refractivity contribution in [1.82, 2.24) is 19.5 Å². The van der Waals surface area contributed by atoms with Gasteiger partial charge in [-0.05, 0) is 155 Å². The van der Waals surface area contributed by atoms with Gasteiger partial charge in [-0.25, -0.2) is 9.97 Å². The van der Waals surface area contributed by atoms with Crippen molar-refractivity contribution in [2.45, 2.75) is 518 Å². The van der Waals surface area contributed by atoms with Crippen molar-refractivity contribution in [2.24, 2.45) is 0 Å². The summed E-state index contributed by atoms with van der Waals surface area (Å²) < 4.78 is 58.7. The van der Waals surface area contributed by atoms with Crippen molar-refractivity contribution in [3.63, 3.8) is 0 Å². The summed E-state index contributed by atoms with van der Waals surface area (Å²) >= 11 is 0. The maximum Gasteiger partial charge on any atom is 0.0727 e. The van der Waals surface area contributed by atoms with Crippen LogP contribution in [0.15, 0.2) is 18.2 Å². The summed E-state index contributed by atoms with van der Waals surface area (Å²) in [5.74, 6) is 0. The monoisotopic (exact) mass is 1850 g/mol. The number of hydrogen-bond acceptors (Lipinski definition) is 10. The minimum Gasteiger partial charge on any atom is -0.381 e. The molecule has 129 heavy (non-hydrogen) atoms. The van der Waals surface area contributed by atoms with Gasteiger partial charge in [-0.2, -0.15) is 0 Å². The van der Waals surface area contributed by atoms with E-state index in [0.717, 1.165) is 170 Å². The zero-order valence-electron chi connectivity index (χ0n) is 86.4. The fourth-order valence-electron chi connectivity index (χ4n) is 19.1. The van der Waals surface area contributed by atoms with Crippen molar-refractivity contribution in [3.05, 3.63) is 68.8 Å².